The summed E-state index contributed by atoms with van der Waals surface area (Å²) in [6.45, 7) is 1.17. The lowest BCUT2D eigenvalue weighted by Gasteiger charge is -2.12. The van der Waals surface area contributed by atoms with Gasteiger partial charge in [-0.15, -0.1) is 0 Å². The number of nitrogens with one attached hydrogen (secondary N) is 1. The number of ether oxygens (including phenoxy) is 2. The second-order valence-electron chi connectivity index (χ2n) is 8.21. The van der Waals surface area contributed by atoms with Gasteiger partial charge in [-0.05, 0) is 37.6 Å². The van der Waals surface area contributed by atoms with E-state index in [1.807, 2.05) is 0 Å². The maximum atomic E-state index is 12.4. The molecule has 0 spiro atoms. The van der Waals surface area contributed by atoms with Crippen LogP contribution in [0.2, 0.25) is 0 Å². The molecule has 8 nitrogen and oxygen atoms in total. The number of esters is 2. The van der Waals surface area contributed by atoms with Gasteiger partial charge >= 0.3 is 11.9 Å². The SMILES string of the molecule is C[C@@H](OC(=O)c1ccc(NC(=O)CCCC(=O)OCC(=O)c2ccccc2)cc1)C(=O)c1ccccc1. The summed E-state index contributed by atoms with van der Waals surface area (Å²) in [6, 6.07) is 23.1. The van der Waals surface area contributed by atoms with Gasteiger partial charge < -0.3 is 14.8 Å². The number of ketones is 2. The van der Waals surface area contributed by atoms with Crippen LogP contribution in [0.5, 0.6) is 0 Å². The van der Waals surface area contributed by atoms with Crippen LogP contribution in [-0.2, 0) is 19.1 Å². The molecule has 1 N–H and O–H groups in total. The molecule has 3 aromatic carbocycles. The molecule has 0 aromatic heterocycles. The molecule has 190 valence electrons. The van der Waals surface area contributed by atoms with Crippen LogP contribution in [0.15, 0.2) is 84.9 Å². The lowest BCUT2D eigenvalue weighted by atomic mass is 10.1. The third-order valence-corrected chi connectivity index (χ3v) is 5.36. The fourth-order valence-corrected chi connectivity index (χ4v) is 3.35. The zero-order valence-electron chi connectivity index (χ0n) is 20.3. The molecular weight excluding hydrogens is 474 g/mol. The molecule has 0 heterocycles. The van der Waals surface area contributed by atoms with Gasteiger partial charge in [0.1, 0.15) is 0 Å². The second kappa shape index (κ2) is 13.5. The van der Waals surface area contributed by atoms with E-state index in [0.29, 0.717) is 16.8 Å². The summed E-state index contributed by atoms with van der Waals surface area (Å²) < 4.78 is 10.2. The minimum atomic E-state index is -0.947. The third-order valence-electron chi connectivity index (χ3n) is 5.36. The summed E-state index contributed by atoms with van der Waals surface area (Å²) >= 11 is 0. The summed E-state index contributed by atoms with van der Waals surface area (Å²) in [5.74, 6) is -2.12. The van der Waals surface area contributed by atoms with Crippen LogP contribution in [0.4, 0.5) is 5.69 Å². The molecule has 0 aliphatic carbocycles. The van der Waals surface area contributed by atoms with Gasteiger partial charge in [-0.25, -0.2) is 4.79 Å². The van der Waals surface area contributed by atoms with Crippen molar-refractivity contribution in [2.75, 3.05) is 11.9 Å². The maximum Gasteiger partial charge on any atom is 0.338 e. The van der Waals surface area contributed by atoms with Crippen LogP contribution in [0, 0.1) is 0 Å². The predicted octanol–water partition coefficient (Wildman–Crippen LogP) is 4.65. The van der Waals surface area contributed by atoms with Crippen molar-refractivity contribution >= 4 is 35.1 Å². The molecule has 37 heavy (non-hydrogen) atoms. The number of anilines is 1. The molecule has 1 atom stereocenters. The lowest BCUT2D eigenvalue weighted by Crippen LogP contribution is -2.24. The van der Waals surface area contributed by atoms with Crippen LogP contribution < -0.4 is 5.32 Å². The highest BCUT2D eigenvalue weighted by Crippen LogP contribution is 2.14. The van der Waals surface area contributed by atoms with Gasteiger partial charge in [0.25, 0.3) is 0 Å². The van der Waals surface area contributed by atoms with Gasteiger partial charge in [0.2, 0.25) is 11.7 Å². The molecule has 0 saturated heterocycles. The van der Waals surface area contributed by atoms with E-state index in [9.17, 15) is 24.0 Å². The largest absolute Gasteiger partial charge is 0.457 e. The van der Waals surface area contributed by atoms with Crippen molar-refractivity contribution < 1.29 is 33.4 Å². The zero-order chi connectivity index (χ0) is 26.6. The smallest absolute Gasteiger partial charge is 0.338 e. The Balaban J connectivity index is 1.37. The highest BCUT2D eigenvalue weighted by Gasteiger charge is 2.20. The van der Waals surface area contributed by atoms with Crippen molar-refractivity contribution in [2.24, 2.45) is 0 Å². The van der Waals surface area contributed by atoms with Crippen molar-refractivity contribution in [1.29, 1.82) is 0 Å². The predicted molar refractivity (Wildman–Crippen MR) is 136 cm³/mol. The van der Waals surface area contributed by atoms with E-state index in [1.165, 1.54) is 19.1 Å². The Morgan fingerprint density at radius 2 is 1.32 bits per heavy atom. The Bertz CT molecular complexity index is 1240. The molecule has 0 aliphatic heterocycles. The van der Waals surface area contributed by atoms with Gasteiger partial charge in [0.15, 0.2) is 18.5 Å². The fourth-order valence-electron chi connectivity index (χ4n) is 3.35. The van der Waals surface area contributed by atoms with Gasteiger partial charge in [0.05, 0.1) is 5.56 Å². The van der Waals surface area contributed by atoms with Gasteiger partial charge in [0, 0.05) is 29.7 Å². The fraction of sp³-hybridized carbons (Fsp3) is 0.207. The molecule has 1 amide bonds. The first-order valence-corrected chi connectivity index (χ1v) is 11.8. The number of Topliss-reactive ketones (excluding diaryl/α,β-unsaturated/α-hetero) is 2. The van der Waals surface area contributed by atoms with Crippen LogP contribution in [0.25, 0.3) is 0 Å². The Labute approximate surface area is 214 Å². The van der Waals surface area contributed by atoms with E-state index in [2.05, 4.69) is 5.32 Å². The number of hydrogen-bond donors (Lipinski definition) is 1. The topological polar surface area (TPSA) is 116 Å². The van der Waals surface area contributed by atoms with E-state index in [1.54, 1.807) is 72.8 Å². The van der Waals surface area contributed by atoms with Gasteiger partial charge in [-0.2, -0.15) is 0 Å². The van der Waals surface area contributed by atoms with Gasteiger partial charge in [-0.3, -0.25) is 19.2 Å². The van der Waals surface area contributed by atoms with Crippen molar-refractivity contribution in [3.8, 4) is 0 Å². The minimum Gasteiger partial charge on any atom is -0.457 e. The highest BCUT2D eigenvalue weighted by atomic mass is 16.5. The summed E-state index contributed by atoms with van der Waals surface area (Å²) in [4.78, 5) is 60.7. The Morgan fingerprint density at radius 1 is 0.730 bits per heavy atom. The van der Waals surface area contributed by atoms with Crippen LogP contribution in [0.3, 0.4) is 0 Å². The lowest BCUT2D eigenvalue weighted by molar-refractivity contribution is -0.142. The van der Waals surface area contributed by atoms with E-state index in [-0.39, 0.29) is 48.9 Å². The third kappa shape index (κ3) is 8.54. The maximum absolute atomic E-state index is 12.4. The molecule has 0 saturated carbocycles. The Morgan fingerprint density at radius 3 is 1.95 bits per heavy atom. The van der Waals surface area contributed by atoms with Crippen LogP contribution in [0.1, 0.15) is 57.3 Å². The van der Waals surface area contributed by atoms with Crippen LogP contribution >= 0.6 is 0 Å². The van der Waals surface area contributed by atoms with Crippen molar-refractivity contribution in [2.45, 2.75) is 32.3 Å². The number of rotatable bonds is 12. The minimum absolute atomic E-state index is 0.000153. The number of hydrogen-bond acceptors (Lipinski definition) is 7. The molecule has 3 rings (SSSR count). The van der Waals surface area contributed by atoms with Crippen LogP contribution in [-0.4, -0.2) is 42.1 Å². The first-order chi connectivity index (χ1) is 17.8. The molecule has 0 bridgehead atoms. The van der Waals surface area contributed by atoms with Crippen molar-refractivity contribution in [3.05, 3.63) is 102 Å². The summed E-state index contributed by atoms with van der Waals surface area (Å²) in [5, 5.41) is 2.68. The molecule has 0 radical (unpaired) electrons. The Hall–Kier alpha value is -4.59. The standard InChI is InChI=1S/C29H27NO7/c1-20(28(34)22-11-6-3-7-12-22)37-29(35)23-15-17-24(18-16-23)30-26(32)13-8-14-27(33)36-19-25(31)21-9-4-2-5-10-21/h2-7,9-12,15-18,20H,8,13-14,19H2,1H3,(H,30,32)/t20-/m1/s1. The summed E-state index contributed by atoms with van der Waals surface area (Å²) in [6.07, 6.45) is -0.621. The highest BCUT2D eigenvalue weighted by molar-refractivity contribution is 6.01. The van der Waals surface area contributed by atoms with Crippen molar-refractivity contribution in [3.63, 3.8) is 0 Å². The van der Waals surface area contributed by atoms with Gasteiger partial charge in [-0.1, -0.05) is 60.7 Å². The average Bonchev–Trinajstić information content (AvgIpc) is 2.92. The number of carbonyl (C=O) groups excluding carboxylic acids is 5. The summed E-state index contributed by atoms with van der Waals surface area (Å²) in [7, 11) is 0. The molecule has 3 aromatic rings. The summed E-state index contributed by atoms with van der Waals surface area (Å²) in [5.41, 5.74) is 1.61. The Kier molecular flexibility index (Phi) is 9.84. The van der Waals surface area contributed by atoms with E-state index in [4.69, 9.17) is 9.47 Å². The first kappa shape index (κ1) is 27.0. The molecule has 0 aliphatic rings. The first-order valence-electron chi connectivity index (χ1n) is 11.8. The average molecular weight is 502 g/mol. The number of benzene rings is 3. The quantitative estimate of drug-likeness (QED) is 0.284. The zero-order valence-corrected chi connectivity index (χ0v) is 20.3. The van der Waals surface area contributed by atoms with E-state index < -0.39 is 18.0 Å². The second-order valence-corrected chi connectivity index (χ2v) is 8.21. The molecule has 0 fully saturated rings. The van der Waals surface area contributed by atoms with E-state index >= 15 is 0 Å². The normalized spacial score (nSPS) is 11.2. The number of amides is 1. The molecule has 0 unspecified atom stereocenters. The van der Waals surface area contributed by atoms with E-state index in [0.717, 1.165) is 0 Å². The molecular formula is C29H27NO7. The monoisotopic (exact) mass is 501 g/mol. The molecule has 8 heteroatoms. The number of carbonyl (C=O) groups is 5. The van der Waals surface area contributed by atoms with Crippen molar-refractivity contribution in [1.82, 2.24) is 0 Å².